The highest BCUT2D eigenvalue weighted by Crippen LogP contribution is 2.22. The minimum absolute atomic E-state index is 0.0630. The minimum Gasteiger partial charge on any atom is -0.392 e. The van der Waals surface area contributed by atoms with Gasteiger partial charge < -0.3 is 5.11 Å². The lowest BCUT2D eigenvalue weighted by molar-refractivity contribution is 0.281. The summed E-state index contributed by atoms with van der Waals surface area (Å²) in [7, 11) is -3.67. The molecule has 0 saturated heterocycles. The number of aliphatic hydroxyl groups excluding tert-OH is 1. The van der Waals surface area contributed by atoms with E-state index in [1.165, 1.54) is 6.07 Å². The van der Waals surface area contributed by atoms with Crippen molar-refractivity contribution >= 4 is 21.6 Å². The third kappa shape index (κ3) is 4.04. The van der Waals surface area contributed by atoms with Crippen molar-refractivity contribution in [1.82, 2.24) is 4.72 Å². The molecule has 0 aliphatic carbocycles. The van der Waals surface area contributed by atoms with E-state index in [-0.39, 0.29) is 23.1 Å². The molecular weight excluding hydrogens is 310 g/mol. The third-order valence-electron chi connectivity index (χ3n) is 3.02. The zero-order chi connectivity index (χ0) is 15.5. The molecule has 0 atom stereocenters. The summed E-state index contributed by atoms with van der Waals surface area (Å²) in [5.41, 5.74) is 2.41. The van der Waals surface area contributed by atoms with Crippen molar-refractivity contribution in [3.05, 3.63) is 64.2 Å². The summed E-state index contributed by atoms with van der Waals surface area (Å²) in [4.78, 5) is 0.0630. The largest absolute Gasteiger partial charge is 0.392 e. The Kier molecular flexibility index (Phi) is 5.00. The fourth-order valence-corrected chi connectivity index (χ4v) is 3.53. The summed E-state index contributed by atoms with van der Waals surface area (Å²) in [5, 5.41) is 9.27. The van der Waals surface area contributed by atoms with Gasteiger partial charge in [-0.3, -0.25) is 0 Å². The molecule has 0 unspecified atom stereocenters. The van der Waals surface area contributed by atoms with Crippen LogP contribution in [0, 0.1) is 6.92 Å². The van der Waals surface area contributed by atoms with Crippen molar-refractivity contribution in [2.75, 3.05) is 0 Å². The van der Waals surface area contributed by atoms with Crippen LogP contribution >= 0.6 is 11.6 Å². The van der Waals surface area contributed by atoms with E-state index in [2.05, 4.69) is 4.72 Å². The summed E-state index contributed by atoms with van der Waals surface area (Å²) < 4.78 is 27.0. The number of sulfonamides is 1. The molecular formula is C15H16ClNO3S. The highest BCUT2D eigenvalue weighted by atomic mass is 35.5. The number of nitrogens with one attached hydrogen (secondary N) is 1. The van der Waals surface area contributed by atoms with Crippen molar-refractivity contribution < 1.29 is 13.5 Å². The van der Waals surface area contributed by atoms with Gasteiger partial charge in [-0.2, -0.15) is 0 Å². The molecule has 6 heteroatoms. The van der Waals surface area contributed by atoms with Gasteiger partial charge in [-0.05, 0) is 35.7 Å². The number of benzene rings is 2. The SMILES string of the molecule is Cc1ccc(S(=O)(=O)NCc2cccc(CO)c2)c(Cl)c1. The minimum atomic E-state index is -3.67. The first kappa shape index (κ1) is 16.0. The summed E-state index contributed by atoms with van der Waals surface area (Å²) in [6.45, 7) is 1.90. The number of hydrogen-bond donors (Lipinski definition) is 2. The molecule has 0 amide bonds. The Labute approximate surface area is 129 Å². The van der Waals surface area contributed by atoms with Crippen molar-refractivity contribution in [1.29, 1.82) is 0 Å². The van der Waals surface area contributed by atoms with Gasteiger partial charge in [0.2, 0.25) is 10.0 Å². The second-order valence-electron chi connectivity index (χ2n) is 4.74. The molecule has 112 valence electrons. The molecule has 0 aromatic heterocycles. The fraction of sp³-hybridized carbons (Fsp3) is 0.200. The van der Waals surface area contributed by atoms with E-state index < -0.39 is 10.0 Å². The molecule has 0 aliphatic heterocycles. The summed E-state index contributed by atoms with van der Waals surface area (Å²) in [6, 6.07) is 11.9. The van der Waals surface area contributed by atoms with Crippen LogP contribution in [0.15, 0.2) is 47.4 Å². The van der Waals surface area contributed by atoms with Crippen LogP contribution in [-0.2, 0) is 23.2 Å². The number of aryl methyl sites for hydroxylation is 1. The number of halogens is 1. The van der Waals surface area contributed by atoms with Gasteiger partial charge in [0, 0.05) is 6.54 Å². The van der Waals surface area contributed by atoms with Crippen LogP contribution in [-0.4, -0.2) is 13.5 Å². The maximum atomic E-state index is 12.2. The number of rotatable bonds is 5. The smallest absolute Gasteiger partial charge is 0.242 e. The average Bonchev–Trinajstić information content (AvgIpc) is 2.45. The van der Waals surface area contributed by atoms with E-state index in [4.69, 9.17) is 16.7 Å². The Morgan fingerprint density at radius 1 is 1.14 bits per heavy atom. The van der Waals surface area contributed by atoms with Crippen LogP contribution < -0.4 is 4.72 Å². The first-order valence-corrected chi connectivity index (χ1v) is 8.23. The quantitative estimate of drug-likeness (QED) is 0.888. The number of aliphatic hydroxyl groups is 1. The average molecular weight is 326 g/mol. The molecule has 0 saturated carbocycles. The highest BCUT2D eigenvalue weighted by Gasteiger charge is 2.17. The first-order chi connectivity index (χ1) is 9.92. The fourth-order valence-electron chi connectivity index (χ4n) is 1.92. The third-order valence-corrected chi connectivity index (χ3v) is 4.90. The summed E-state index contributed by atoms with van der Waals surface area (Å²) >= 11 is 5.99. The van der Waals surface area contributed by atoms with Crippen LogP contribution in [0.1, 0.15) is 16.7 Å². The first-order valence-electron chi connectivity index (χ1n) is 6.37. The van der Waals surface area contributed by atoms with Crippen molar-refractivity contribution in [2.45, 2.75) is 25.0 Å². The van der Waals surface area contributed by atoms with Gasteiger partial charge in [-0.1, -0.05) is 41.9 Å². The van der Waals surface area contributed by atoms with Crippen LogP contribution in [0.2, 0.25) is 5.02 Å². The Morgan fingerprint density at radius 2 is 1.86 bits per heavy atom. The predicted octanol–water partition coefficient (Wildman–Crippen LogP) is 2.62. The number of hydrogen-bond acceptors (Lipinski definition) is 3. The normalized spacial score (nSPS) is 11.6. The molecule has 4 nitrogen and oxygen atoms in total. The van der Waals surface area contributed by atoms with Gasteiger partial charge in [0.15, 0.2) is 0 Å². The van der Waals surface area contributed by atoms with Crippen LogP contribution in [0.25, 0.3) is 0 Å². The molecule has 2 aromatic rings. The van der Waals surface area contributed by atoms with Gasteiger partial charge in [0.05, 0.1) is 11.6 Å². The van der Waals surface area contributed by atoms with E-state index in [9.17, 15) is 8.42 Å². The van der Waals surface area contributed by atoms with E-state index in [0.29, 0.717) is 0 Å². The van der Waals surface area contributed by atoms with Gasteiger partial charge in [0.25, 0.3) is 0 Å². The zero-order valence-electron chi connectivity index (χ0n) is 11.5. The zero-order valence-corrected chi connectivity index (χ0v) is 13.1. The van der Waals surface area contributed by atoms with Crippen molar-refractivity contribution in [2.24, 2.45) is 0 Å². The second kappa shape index (κ2) is 6.58. The maximum absolute atomic E-state index is 12.2. The van der Waals surface area contributed by atoms with E-state index in [1.54, 1.807) is 36.4 Å². The highest BCUT2D eigenvalue weighted by molar-refractivity contribution is 7.89. The van der Waals surface area contributed by atoms with Crippen LogP contribution in [0.3, 0.4) is 0 Å². The monoisotopic (exact) mass is 325 g/mol. The second-order valence-corrected chi connectivity index (χ2v) is 6.88. The van der Waals surface area contributed by atoms with Crippen molar-refractivity contribution in [3.63, 3.8) is 0 Å². The van der Waals surface area contributed by atoms with Crippen molar-refractivity contribution in [3.8, 4) is 0 Å². The maximum Gasteiger partial charge on any atom is 0.242 e. The standard InChI is InChI=1S/C15H16ClNO3S/c1-11-5-6-15(14(16)7-11)21(19,20)17-9-12-3-2-4-13(8-12)10-18/h2-8,17-18H,9-10H2,1H3. The molecule has 2 aromatic carbocycles. The summed E-state index contributed by atoms with van der Waals surface area (Å²) in [5.74, 6) is 0. The molecule has 21 heavy (non-hydrogen) atoms. The Bertz CT molecular complexity index is 744. The molecule has 0 aliphatic rings. The van der Waals surface area contributed by atoms with E-state index in [0.717, 1.165) is 16.7 Å². The van der Waals surface area contributed by atoms with Gasteiger partial charge in [0.1, 0.15) is 4.90 Å². The molecule has 0 heterocycles. The lowest BCUT2D eigenvalue weighted by atomic mass is 10.1. The molecule has 0 radical (unpaired) electrons. The van der Waals surface area contributed by atoms with E-state index in [1.807, 2.05) is 6.92 Å². The Balaban J connectivity index is 2.17. The predicted molar refractivity (Wildman–Crippen MR) is 82.6 cm³/mol. The lowest BCUT2D eigenvalue weighted by Crippen LogP contribution is -2.23. The molecule has 0 spiro atoms. The molecule has 0 bridgehead atoms. The Hall–Kier alpha value is -1.40. The topological polar surface area (TPSA) is 66.4 Å². The molecule has 2 N–H and O–H groups in total. The van der Waals surface area contributed by atoms with E-state index >= 15 is 0 Å². The summed E-state index contributed by atoms with van der Waals surface area (Å²) in [6.07, 6.45) is 0. The van der Waals surface area contributed by atoms with Gasteiger partial charge >= 0.3 is 0 Å². The van der Waals surface area contributed by atoms with Crippen LogP contribution in [0.5, 0.6) is 0 Å². The van der Waals surface area contributed by atoms with Crippen LogP contribution in [0.4, 0.5) is 0 Å². The molecule has 0 fully saturated rings. The Morgan fingerprint density at radius 3 is 2.52 bits per heavy atom. The van der Waals surface area contributed by atoms with Gasteiger partial charge in [-0.25, -0.2) is 13.1 Å². The lowest BCUT2D eigenvalue weighted by Gasteiger charge is -2.09. The molecule has 2 rings (SSSR count). The van der Waals surface area contributed by atoms with Gasteiger partial charge in [-0.15, -0.1) is 0 Å².